The molecule has 9 heteroatoms. The van der Waals surface area contributed by atoms with E-state index in [0.29, 0.717) is 43.2 Å². The lowest BCUT2D eigenvalue weighted by Crippen LogP contribution is -2.36. The largest absolute Gasteiger partial charge is 0.481 e. The first-order chi connectivity index (χ1) is 16.4. The van der Waals surface area contributed by atoms with Crippen LogP contribution in [0, 0.1) is 0 Å². The molecular weight excluding hydrogens is 436 g/mol. The summed E-state index contributed by atoms with van der Waals surface area (Å²) >= 11 is 0. The third kappa shape index (κ3) is 4.05. The van der Waals surface area contributed by atoms with Crippen molar-refractivity contribution >= 4 is 29.2 Å². The Morgan fingerprint density at radius 2 is 1.97 bits per heavy atom. The van der Waals surface area contributed by atoms with Gasteiger partial charge in [0.2, 0.25) is 5.91 Å². The van der Waals surface area contributed by atoms with E-state index in [0.717, 1.165) is 16.9 Å². The van der Waals surface area contributed by atoms with Crippen molar-refractivity contribution in [3.05, 3.63) is 65.4 Å². The Hall–Kier alpha value is -4.01. The lowest BCUT2D eigenvalue weighted by Gasteiger charge is -2.18. The van der Waals surface area contributed by atoms with E-state index in [2.05, 4.69) is 5.32 Å². The van der Waals surface area contributed by atoms with Crippen LogP contribution in [0.3, 0.4) is 0 Å². The van der Waals surface area contributed by atoms with Gasteiger partial charge in [0, 0.05) is 56.6 Å². The van der Waals surface area contributed by atoms with Crippen LogP contribution >= 0.6 is 0 Å². The van der Waals surface area contributed by atoms with Gasteiger partial charge in [0.15, 0.2) is 12.8 Å². The van der Waals surface area contributed by atoms with Crippen molar-refractivity contribution in [3.63, 3.8) is 0 Å². The molecule has 0 saturated carbocycles. The first kappa shape index (κ1) is 21.8. The molecule has 1 saturated heterocycles. The van der Waals surface area contributed by atoms with E-state index in [-0.39, 0.29) is 24.3 Å². The minimum absolute atomic E-state index is 0.0348. The Bertz CT molecular complexity index is 1170. The molecule has 176 valence electrons. The van der Waals surface area contributed by atoms with E-state index < -0.39 is 6.10 Å². The molecule has 5 rings (SSSR count). The third-order valence-electron chi connectivity index (χ3n) is 6.23. The second-order valence-corrected chi connectivity index (χ2v) is 8.70. The second kappa shape index (κ2) is 8.74. The normalized spacial score (nSPS) is 19.0. The number of hydrogen-bond acceptors (Lipinski definition) is 6. The predicted octanol–water partition coefficient (Wildman–Crippen LogP) is 1.79. The summed E-state index contributed by atoms with van der Waals surface area (Å²) in [5, 5.41) is 3.00. The standard InChI is InChI=1S/C25H26N4O5/c1-27(2)23(30)14-28-13-17-3-6-18(11-20(17)24(28)31)29-10-9-21(25(29)32)34-19-7-4-16(5-8-19)22-12-26-15-33-22/h3-8,11-12,21,26H,9-10,13-15H2,1-2H3/t21-/m1/s1. The Kier molecular flexibility index (Phi) is 5.61. The van der Waals surface area contributed by atoms with Crippen molar-refractivity contribution in [3.8, 4) is 5.75 Å². The van der Waals surface area contributed by atoms with Gasteiger partial charge in [-0.05, 0) is 42.0 Å². The first-order valence-corrected chi connectivity index (χ1v) is 11.2. The number of rotatable bonds is 6. The maximum absolute atomic E-state index is 13.1. The number of fused-ring (bicyclic) bond motifs is 1. The van der Waals surface area contributed by atoms with E-state index in [4.69, 9.17) is 9.47 Å². The number of carbonyl (C=O) groups is 3. The molecule has 0 aromatic heterocycles. The van der Waals surface area contributed by atoms with Crippen LogP contribution in [-0.4, -0.2) is 67.5 Å². The Morgan fingerprint density at radius 3 is 2.68 bits per heavy atom. The van der Waals surface area contributed by atoms with Gasteiger partial charge in [0.1, 0.15) is 18.1 Å². The average Bonchev–Trinajstić information content (AvgIpc) is 3.56. The lowest BCUT2D eigenvalue weighted by atomic mass is 10.1. The quantitative estimate of drug-likeness (QED) is 0.704. The summed E-state index contributed by atoms with van der Waals surface area (Å²) in [5.74, 6) is 0.919. The molecule has 0 radical (unpaired) electrons. The Balaban J connectivity index is 1.25. The molecule has 1 atom stereocenters. The van der Waals surface area contributed by atoms with E-state index in [1.54, 1.807) is 25.1 Å². The minimum Gasteiger partial charge on any atom is -0.481 e. The Labute approximate surface area is 197 Å². The molecule has 2 aromatic carbocycles. The molecule has 0 spiro atoms. The summed E-state index contributed by atoms with van der Waals surface area (Å²) < 4.78 is 11.4. The van der Waals surface area contributed by atoms with Crippen molar-refractivity contribution in [1.82, 2.24) is 15.1 Å². The van der Waals surface area contributed by atoms with Crippen LogP contribution in [0.5, 0.6) is 5.75 Å². The van der Waals surface area contributed by atoms with Gasteiger partial charge in [0.05, 0.1) is 0 Å². The van der Waals surface area contributed by atoms with Gasteiger partial charge in [-0.2, -0.15) is 0 Å². The van der Waals surface area contributed by atoms with E-state index in [1.165, 1.54) is 9.80 Å². The summed E-state index contributed by atoms with van der Waals surface area (Å²) in [4.78, 5) is 42.6. The van der Waals surface area contributed by atoms with Gasteiger partial charge in [0.25, 0.3) is 11.8 Å². The molecule has 2 aromatic rings. The molecule has 3 aliphatic heterocycles. The molecule has 9 nitrogen and oxygen atoms in total. The fraction of sp³-hybridized carbons (Fsp3) is 0.320. The first-order valence-electron chi connectivity index (χ1n) is 11.2. The number of anilines is 1. The lowest BCUT2D eigenvalue weighted by molar-refractivity contribution is -0.129. The van der Waals surface area contributed by atoms with Gasteiger partial charge in [-0.25, -0.2) is 0 Å². The monoisotopic (exact) mass is 462 g/mol. The molecule has 3 amide bonds. The number of ether oxygens (including phenoxy) is 2. The molecular formula is C25H26N4O5. The smallest absolute Gasteiger partial charge is 0.268 e. The fourth-order valence-corrected chi connectivity index (χ4v) is 4.29. The van der Waals surface area contributed by atoms with Gasteiger partial charge in [-0.3, -0.25) is 14.4 Å². The molecule has 3 heterocycles. The number of likely N-dealkylation sites (N-methyl/N-ethyl adjacent to an activating group) is 1. The van der Waals surface area contributed by atoms with Crippen LogP contribution < -0.4 is 15.0 Å². The number of carbonyl (C=O) groups excluding carboxylic acids is 3. The number of benzene rings is 2. The van der Waals surface area contributed by atoms with Gasteiger partial charge >= 0.3 is 0 Å². The highest BCUT2D eigenvalue weighted by molar-refractivity contribution is 6.03. The summed E-state index contributed by atoms with van der Waals surface area (Å²) in [6.45, 7) is 1.39. The van der Waals surface area contributed by atoms with Crippen LogP contribution in [0.15, 0.2) is 48.7 Å². The number of nitrogens with zero attached hydrogens (tertiary/aromatic N) is 3. The van der Waals surface area contributed by atoms with Gasteiger partial charge in [-0.1, -0.05) is 6.07 Å². The highest BCUT2D eigenvalue weighted by Gasteiger charge is 2.36. The Morgan fingerprint density at radius 1 is 1.18 bits per heavy atom. The summed E-state index contributed by atoms with van der Waals surface area (Å²) in [6, 6.07) is 12.9. The SMILES string of the molecule is CN(C)C(=O)CN1Cc2ccc(N3CC[C@@H](Oc4ccc(C5=CNCO5)cc4)C3=O)cc2C1=O. The van der Waals surface area contributed by atoms with Gasteiger partial charge in [-0.15, -0.1) is 0 Å². The maximum Gasteiger partial charge on any atom is 0.268 e. The zero-order valence-corrected chi connectivity index (χ0v) is 19.1. The number of nitrogens with one attached hydrogen (secondary N) is 1. The van der Waals surface area contributed by atoms with Crippen LogP contribution in [-0.2, 0) is 20.9 Å². The second-order valence-electron chi connectivity index (χ2n) is 8.70. The van der Waals surface area contributed by atoms with Crippen LogP contribution in [0.25, 0.3) is 5.76 Å². The third-order valence-corrected chi connectivity index (χ3v) is 6.23. The predicted molar refractivity (Wildman–Crippen MR) is 125 cm³/mol. The van der Waals surface area contributed by atoms with Crippen molar-refractivity contribution in [2.75, 3.05) is 38.8 Å². The van der Waals surface area contributed by atoms with Crippen molar-refractivity contribution in [1.29, 1.82) is 0 Å². The molecule has 3 aliphatic rings. The highest BCUT2D eigenvalue weighted by atomic mass is 16.5. The average molecular weight is 463 g/mol. The van der Waals surface area contributed by atoms with Crippen molar-refractivity contribution < 1.29 is 23.9 Å². The van der Waals surface area contributed by atoms with Gasteiger partial charge < -0.3 is 29.5 Å². The zero-order valence-electron chi connectivity index (χ0n) is 19.1. The summed E-state index contributed by atoms with van der Waals surface area (Å²) in [6.07, 6.45) is 1.77. The highest BCUT2D eigenvalue weighted by Crippen LogP contribution is 2.31. The number of hydrogen-bond donors (Lipinski definition) is 1. The van der Waals surface area contributed by atoms with Crippen molar-refractivity contribution in [2.45, 2.75) is 19.1 Å². The van der Waals surface area contributed by atoms with Crippen LogP contribution in [0.1, 0.15) is 27.9 Å². The minimum atomic E-state index is -0.590. The molecule has 1 N–H and O–H groups in total. The van der Waals surface area contributed by atoms with E-state index in [9.17, 15) is 14.4 Å². The maximum atomic E-state index is 13.1. The topological polar surface area (TPSA) is 91.4 Å². The van der Waals surface area contributed by atoms with Crippen LogP contribution in [0.4, 0.5) is 5.69 Å². The summed E-state index contributed by atoms with van der Waals surface area (Å²) in [5.41, 5.74) is 2.99. The van der Waals surface area contributed by atoms with Crippen molar-refractivity contribution in [2.24, 2.45) is 0 Å². The van der Waals surface area contributed by atoms with E-state index >= 15 is 0 Å². The molecule has 0 bridgehead atoms. The molecule has 34 heavy (non-hydrogen) atoms. The fourth-order valence-electron chi connectivity index (χ4n) is 4.29. The summed E-state index contributed by atoms with van der Waals surface area (Å²) in [7, 11) is 3.33. The zero-order chi connectivity index (χ0) is 23.8. The van der Waals surface area contributed by atoms with E-state index in [1.807, 2.05) is 42.6 Å². The molecule has 1 fully saturated rings. The molecule has 0 unspecified atom stereocenters. The van der Waals surface area contributed by atoms with Crippen LogP contribution in [0.2, 0.25) is 0 Å². The number of amides is 3. The molecule has 0 aliphatic carbocycles.